The molecule has 0 saturated carbocycles. The molecule has 2 aliphatic rings. The van der Waals surface area contributed by atoms with Crippen molar-refractivity contribution in [2.75, 3.05) is 32.8 Å². The molecular weight excluding hydrogens is 162 g/mol. The molecule has 0 aromatic carbocycles. The second-order valence-corrected chi connectivity index (χ2v) is 4.42. The molecule has 2 heterocycles. The Morgan fingerprint density at radius 1 is 0.923 bits per heavy atom. The third kappa shape index (κ3) is 2.66. The summed E-state index contributed by atoms with van der Waals surface area (Å²) in [6, 6.07) is 0.467. The molecule has 0 aromatic rings. The second kappa shape index (κ2) is 4.40. The molecular formula is C10H21N3. The van der Waals surface area contributed by atoms with Gasteiger partial charge in [0, 0.05) is 19.1 Å². The lowest BCUT2D eigenvalue weighted by Gasteiger charge is -2.33. The van der Waals surface area contributed by atoms with Crippen molar-refractivity contribution in [1.82, 2.24) is 9.80 Å². The second-order valence-electron chi connectivity index (χ2n) is 4.42. The number of piperidine rings is 1. The number of likely N-dealkylation sites (tertiary alicyclic amines) is 2. The molecule has 0 aromatic heterocycles. The maximum absolute atomic E-state index is 5.86. The molecule has 3 heteroatoms. The zero-order valence-corrected chi connectivity index (χ0v) is 8.41. The molecule has 2 N–H and O–H groups in total. The Kier molecular flexibility index (Phi) is 3.19. The Hall–Kier alpha value is -0.120. The van der Waals surface area contributed by atoms with Crippen molar-refractivity contribution in [3.63, 3.8) is 0 Å². The largest absolute Gasteiger partial charge is 0.328 e. The Morgan fingerprint density at radius 3 is 2.08 bits per heavy atom. The quantitative estimate of drug-likeness (QED) is 0.675. The highest BCUT2D eigenvalue weighted by Gasteiger charge is 2.19. The lowest BCUT2D eigenvalue weighted by atomic mass is 10.1. The summed E-state index contributed by atoms with van der Waals surface area (Å²) >= 11 is 0. The van der Waals surface area contributed by atoms with Crippen LogP contribution in [0.4, 0.5) is 0 Å². The number of nitrogens with two attached hydrogens (primary N) is 1. The lowest BCUT2D eigenvalue weighted by molar-refractivity contribution is 0.125. The van der Waals surface area contributed by atoms with Gasteiger partial charge in [-0.2, -0.15) is 0 Å². The van der Waals surface area contributed by atoms with Crippen molar-refractivity contribution in [2.24, 2.45) is 5.73 Å². The average Bonchev–Trinajstić information content (AvgIpc) is 2.62. The molecule has 0 radical (unpaired) electrons. The normalized spacial score (nSPS) is 28.4. The summed E-state index contributed by atoms with van der Waals surface area (Å²) in [4.78, 5) is 5.12. The van der Waals surface area contributed by atoms with E-state index in [9.17, 15) is 0 Å². The predicted molar refractivity (Wildman–Crippen MR) is 54.5 cm³/mol. The number of rotatable bonds is 2. The van der Waals surface area contributed by atoms with Crippen LogP contribution < -0.4 is 5.73 Å². The van der Waals surface area contributed by atoms with E-state index in [2.05, 4.69) is 9.80 Å². The van der Waals surface area contributed by atoms with E-state index in [1.54, 1.807) is 0 Å². The van der Waals surface area contributed by atoms with Crippen molar-refractivity contribution >= 4 is 0 Å². The van der Waals surface area contributed by atoms with Gasteiger partial charge in [0.05, 0.1) is 6.67 Å². The zero-order valence-electron chi connectivity index (χ0n) is 8.41. The fourth-order valence-electron chi connectivity index (χ4n) is 2.30. The molecule has 2 saturated heterocycles. The number of hydrogen-bond acceptors (Lipinski definition) is 3. The van der Waals surface area contributed by atoms with Gasteiger partial charge in [0.2, 0.25) is 0 Å². The van der Waals surface area contributed by atoms with E-state index >= 15 is 0 Å². The highest BCUT2D eigenvalue weighted by Crippen LogP contribution is 2.12. The molecule has 0 spiro atoms. The molecule has 0 unspecified atom stereocenters. The summed E-state index contributed by atoms with van der Waals surface area (Å²) in [5, 5.41) is 0. The molecule has 2 rings (SSSR count). The Labute approximate surface area is 80.9 Å². The molecule has 0 amide bonds. The molecule has 76 valence electrons. The van der Waals surface area contributed by atoms with Crippen LogP contribution in [0.1, 0.15) is 25.7 Å². The molecule has 0 atom stereocenters. The van der Waals surface area contributed by atoms with Crippen LogP contribution in [0.25, 0.3) is 0 Å². The topological polar surface area (TPSA) is 32.5 Å². The van der Waals surface area contributed by atoms with Crippen LogP contribution in [0.15, 0.2) is 0 Å². The fourth-order valence-corrected chi connectivity index (χ4v) is 2.30. The van der Waals surface area contributed by atoms with Crippen molar-refractivity contribution < 1.29 is 0 Å². The molecule has 13 heavy (non-hydrogen) atoms. The Morgan fingerprint density at radius 2 is 1.46 bits per heavy atom. The van der Waals surface area contributed by atoms with Gasteiger partial charge in [0.1, 0.15) is 0 Å². The minimum atomic E-state index is 0.467. The van der Waals surface area contributed by atoms with Gasteiger partial charge in [-0.25, -0.2) is 0 Å². The maximum atomic E-state index is 5.86. The third-order valence-electron chi connectivity index (χ3n) is 3.23. The van der Waals surface area contributed by atoms with Gasteiger partial charge in [-0.3, -0.25) is 9.80 Å². The first kappa shape index (κ1) is 9.44. The highest BCUT2D eigenvalue weighted by atomic mass is 15.3. The summed E-state index contributed by atoms with van der Waals surface area (Å²) in [6.07, 6.45) is 5.17. The first-order valence-corrected chi connectivity index (χ1v) is 5.55. The van der Waals surface area contributed by atoms with Gasteiger partial charge in [-0.15, -0.1) is 0 Å². The van der Waals surface area contributed by atoms with Crippen molar-refractivity contribution in [3.8, 4) is 0 Å². The van der Waals surface area contributed by atoms with Crippen molar-refractivity contribution in [1.29, 1.82) is 0 Å². The van der Waals surface area contributed by atoms with Crippen LogP contribution in [0.2, 0.25) is 0 Å². The average molecular weight is 183 g/mol. The first-order chi connectivity index (χ1) is 6.34. The van der Waals surface area contributed by atoms with Crippen LogP contribution in [-0.4, -0.2) is 48.7 Å². The van der Waals surface area contributed by atoms with E-state index < -0.39 is 0 Å². The smallest absolute Gasteiger partial charge is 0.0506 e. The highest BCUT2D eigenvalue weighted by molar-refractivity contribution is 4.75. The SMILES string of the molecule is NC1CCN(CN2CCCC2)CC1. The van der Waals surface area contributed by atoms with E-state index in [1.807, 2.05) is 0 Å². The summed E-state index contributed by atoms with van der Waals surface area (Å²) < 4.78 is 0. The zero-order chi connectivity index (χ0) is 9.10. The van der Waals surface area contributed by atoms with Gasteiger partial charge >= 0.3 is 0 Å². The van der Waals surface area contributed by atoms with Crippen LogP contribution in [-0.2, 0) is 0 Å². The van der Waals surface area contributed by atoms with Gasteiger partial charge in [-0.05, 0) is 38.8 Å². The van der Waals surface area contributed by atoms with E-state index in [4.69, 9.17) is 5.73 Å². The molecule has 2 fully saturated rings. The molecule has 0 bridgehead atoms. The van der Waals surface area contributed by atoms with Crippen LogP contribution >= 0.6 is 0 Å². The summed E-state index contributed by atoms with van der Waals surface area (Å²) in [5.74, 6) is 0. The molecule has 3 nitrogen and oxygen atoms in total. The van der Waals surface area contributed by atoms with E-state index in [0.717, 1.165) is 0 Å². The standard InChI is InChI=1S/C10H21N3/c11-10-3-7-13(8-4-10)9-12-5-1-2-6-12/h10H,1-9,11H2. The number of nitrogens with zero attached hydrogens (tertiary/aromatic N) is 2. The van der Waals surface area contributed by atoms with Crippen molar-refractivity contribution in [2.45, 2.75) is 31.7 Å². The van der Waals surface area contributed by atoms with Crippen molar-refractivity contribution in [3.05, 3.63) is 0 Å². The Bertz CT molecular complexity index is 146. The summed E-state index contributed by atoms with van der Waals surface area (Å²) in [5.41, 5.74) is 5.86. The van der Waals surface area contributed by atoms with Crippen LogP contribution in [0, 0.1) is 0 Å². The predicted octanol–water partition coefficient (Wildman–Crippen LogP) is 0.463. The van der Waals surface area contributed by atoms with E-state index in [1.165, 1.54) is 58.5 Å². The minimum absolute atomic E-state index is 0.467. The summed E-state index contributed by atoms with van der Waals surface area (Å²) in [7, 11) is 0. The van der Waals surface area contributed by atoms with Gasteiger partial charge in [0.25, 0.3) is 0 Å². The minimum Gasteiger partial charge on any atom is -0.328 e. The van der Waals surface area contributed by atoms with Crippen LogP contribution in [0.3, 0.4) is 0 Å². The van der Waals surface area contributed by atoms with E-state index in [-0.39, 0.29) is 0 Å². The van der Waals surface area contributed by atoms with Gasteiger partial charge in [0.15, 0.2) is 0 Å². The monoisotopic (exact) mass is 183 g/mol. The van der Waals surface area contributed by atoms with Gasteiger partial charge < -0.3 is 5.73 Å². The van der Waals surface area contributed by atoms with E-state index in [0.29, 0.717) is 6.04 Å². The lowest BCUT2D eigenvalue weighted by Crippen LogP contribution is -2.44. The van der Waals surface area contributed by atoms with Gasteiger partial charge in [-0.1, -0.05) is 0 Å². The fraction of sp³-hybridized carbons (Fsp3) is 1.00. The maximum Gasteiger partial charge on any atom is 0.0506 e. The molecule has 0 aliphatic carbocycles. The van der Waals surface area contributed by atoms with Crippen LogP contribution in [0.5, 0.6) is 0 Å². The summed E-state index contributed by atoms with van der Waals surface area (Å²) in [6.45, 7) is 6.22. The Balaban J connectivity index is 1.69. The first-order valence-electron chi connectivity index (χ1n) is 5.55. The number of hydrogen-bond donors (Lipinski definition) is 1. The molecule has 2 aliphatic heterocycles. The third-order valence-corrected chi connectivity index (χ3v) is 3.23.